The number of hydrogen-bond acceptors (Lipinski definition) is 4. The lowest BCUT2D eigenvalue weighted by atomic mass is 10.0. The topological polar surface area (TPSA) is 75.1 Å². The number of hydrogen-bond donors (Lipinski definition) is 2. The molecule has 3 aromatic heterocycles. The van der Waals surface area contributed by atoms with Gasteiger partial charge >= 0.3 is 0 Å². The van der Waals surface area contributed by atoms with Crippen molar-refractivity contribution in [2.24, 2.45) is 0 Å². The summed E-state index contributed by atoms with van der Waals surface area (Å²) in [7, 11) is 0. The number of anilines is 1. The van der Waals surface area contributed by atoms with Crippen molar-refractivity contribution in [1.82, 2.24) is 19.6 Å². The van der Waals surface area contributed by atoms with Crippen LogP contribution in [0.5, 0.6) is 0 Å². The molecule has 2 N–H and O–H groups in total. The van der Waals surface area contributed by atoms with Crippen LogP contribution in [0.25, 0.3) is 4.96 Å². The lowest BCUT2D eigenvalue weighted by Crippen LogP contribution is -2.14. The van der Waals surface area contributed by atoms with Crippen molar-refractivity contribution in [2.75, 3.05) is 5.32 Å². The Kier molecular flexibility index (Phi) is 3.42. The van der Waals surface area contributed by atoms with E-state index in [1.807, 2.05) is 28.2 Å². The third-order valence-electron chi connectivity index (χ3n) is 4.14. The van der Waals surface area contributed by atoms with E-state index in [0.29, 0.717) is 11.7 Å². The highest BCUT2D eigenvalue weighted by atomic mass is 32.1. The number of aromatic amines is 1. The molecule has 0 saturated heterocycles. The second-order valence-corrected chi connectivity index (χ2v) is 6.61. The van der Waals surface area contributed by atoms with E-state index < -0.39 is 0 Å². The molecule has 1 aliphatic rings. The van der Waals surface area contributed by atoms with Gasteiger partial charge in [0.25, 0.3) is 0 Å². The van der Waals surface area contributed by atoms with Crippen LogP contribution in [0.4, 0.5) is 5.82 Å². The van der Waals surface area contributed by atoms with Gasteiger partial charge in [0.2, 0.25) is 5.91 Å². The van der Waals surface area contributed by atoms with Crippen molar-refractivity contribution in [1.29, 1.82) is 0 Å². The van der Waals surface area contributed by atoms with Crippen LogP contribution in [-0.4, -0.2) is 25.5 Å². The van der Waals surface area contributed by atoms with Crippen molar-refractivity contribution in [3.05, 3.63) is 35.2 Å². The fourth-order valence-electron chi connectivity index (χ4n) is 3.06. The average Bonchev–Trinajstić information content (AvgIpc) is 3.22. The Morgan fingerprint density at radius 1 is 1.45 bits per heavy atom. The average molecular weight is 315 g/mol. The van der Waals surface area contributed by atoms with Crippen LogP contribution in [-0.2, 0) is 11.2 Å². The standard InChI is InChI=1S/C15H17N5OS/c21-14(7-11-9-20-5-6-22-15(20)16-11)17-13-8-12(18-19-13)10-3-1-2-4-10/h5-6,8-10H,1-4,7H2,(H2,17,18,19,21). The van der Waals surface area contributed by atoms with Crippen LogP contribution in [0.2, 0.25) is 0 Å². The molecule has 0 aliphatic heterocycles. The predicted octanol–water partition coefficient (Wildman–Crippen LogP) is 2.96. The van der Waals surface area contributed by atoms with Gasteiger partial charge in [0.05, 0.1) is 12.1 Å². The Morgan fingerprint density at radius 3 is 3.14 bits per heavy atom. The molecule has 1 aliphatic carbocycles. The van der Waals surface area contributed by atoms with E-state index in [1.165, 1.54) is 25.7 Å². The number of nitrogens with one attached hydrogen (secondary N) is 2. The summed E-state index contributed by atoms with van der Waals surface area (Å²) in [6, 6.07) is 1.96. The second kappa shape index (κ2) is 5.57. The third-order valence-corrected chi connectivity index (χ3v) is 4.92. The fourth-order valence-corrected chi connectivity index (χ4v) is 3.78. The molecular weight excluding hydrogens is 298 g/mol. The smallest absolute Gasteiger partial charge is 0.231 e. The normalized spacial score (nSPS) is 15.6. The van der Waals surface area contributed by atoms with Crippen LogP contribution < -0.4 is 5.32 Å². The Bertz CT molecular complexity index is 767. The fraction of sp³-hybridized carbons (Fsp3) is 0.400. The largest absolute Gasteiger partial charge is 0.309 e. The van der Waals surface area contributed by atoms with Gasteiger partial charge in [-0.3, -0.25) is 14.3 Å². The third kappa shape index (κ3) is 2.64. The Labute approximate surface area is 131 Å². The number of rotatable bonds is 4. The predicted molar refractivity (Wildman–Crippen MR) is 85.2 cm³/mol. The molecule has 4 rings (SSSR count). The minimum atomic E-state index is -0.0878. The molecule has 0 spiro atoms. The van der Waals surface area contributed by atoms with Crippen molar-refractivity contribution < 1.29 is 4.79 Å². The number of carbonyl (C=O) groups excluding carboxylic acids is 1. The number of imidazole rings is 1. The summed E-state index contributed by atoms with van der Waals surface area (Å²) < 4.78 is 1.93. The van der Waals surface area contributed by atoms with Crippen molar-refractivity contribution in [3.63, 3.8) is 0 Å². The van der Waals surface area contributed by atoms with Gasteiger partial charge in [-0.1, -0.05) is 12.8 Å². The summed E-state index contributed by atoms with van der Waals surface area (Å²) in [4.78, 5) is 17.4. The number of fused-ring (bicyclic) bond motifs is 1. The van der Waals surface area contributed by atoms with Crippen molar-refractivity contribution in [3.8, 4) is 0 Å². The van der Waals surface area contributed by atoms with E-state index in [4.69, 9.17) is 0 Å². The van der Waals surface area contributed by atoms with Crippen molar-refractivity contribution in [2.45, 2.75) is 38.0 Å². The molecule has 114 valence electrons. The van der Waals surface area contributed by atoms with E-state index in [-0.39, 0.29) is 12.3 Å². The Balaban J connectivity index is 1.40. The summed E-state index contributed by atoms with van der Waals surface area (Å²) in [5.41, 5.74) is 1.91. The van der Waals surface area contributed by atoms with E-state index in [2.05, 4.69) is 20.5 Å². The number of aromatic nitrogens is 4. The van der Waals surface area contributed by atoms with Crippen LogP contribution in [0, 0.1) is 0 Å². The highest BCUT2D eigenvalue weighted by molar-refractivity contribution is 7.15. The lowest BCUT2D eigenvalue weighted by molar-refractivity contribution is -0.115. The minimum Gasteiger partial charge on any atom is -0.309 e. The Hall–Kier alpha value is -2.15. The molecule has 1 saturated carbocycles. The van der Waals surface area contributed by atoms with Gasteiger partial charge in [0, 0.05) is 35.5 Å². The van der Waals surface area contributed by atoms with E-state index in [9.17, 15) is 4.79 Å². The zero-order valence-electron chi connectivity index (χ0n) is 12.1. The first-order valence-corrected chi connectivity index (χ1v) is 8.42. The van der Waals surface area contributed by atoms with Gasteiger partial charge in [0.15, 0.2) is 10.8 Å². The highest BCUT2D eigenvalue weighted by Crippen LogP contribution is 2.33. The summed E-state index contributed by atoms with van der Waals surface area (Å²) in [5, 5.41) is 12.1. The molecule has 6 nitrogen and oxygen atoms in total. The number of nitrogens with zero attached hydrogens (tertiary/aromatic N) is 3. The SMILES string of the molecule is O=C(Cc1cn2ccsc2n1)Nc1cc(C2CCCC2)[nH]n1. The van der Waals surface area contributed by atoms with Crippen LogP contribution in [0.3, 0.4) is 0 Å². The van der Waals surface area contributed by atoms with Gasteiger partial charge in [0.1, 0.15) is 0 Å². The minimum absolute atomic E-state index is 0.0878. The van der Waals surface area contributed by atoms with E-state index >= 15 is 0 Å². The first kappa shape index (κ1) is 13.5. The lowest BCUT2D eigenvalue weighted by Gasteiger charge is -2.03. The van der Waals surface area contributed by atoms with Crippen molar-refractivity contribution >= 4 is 28.0 Å². The first-order chi connectivity index (χ1) is 10.8. The quantitative estimate of drug-likeness (QED) is 0.777. The van der Waals surface area contributed by atoms with Gasteiger partial charge in [-0.2, -0.15) is 5.10 Å². The highest BCUT2D eigenvalue weighted by Gasteiger charge is 2.19. The van der Waals surface area contributed by atoms with Gasteiger partial charge in [-0.25, -0.2) is 4.98 Å². The van der Waals surface area contributed by atoms with Crippen LogP contribution in [0.1, 0.15) is 43.0 Å². The van der Waals surface area contributed by atoms with E-state index in [0.717, 1.165) is 16.3 Å². The molecule has 22 heavy (non-hydrogen) atoms. The monoisotopic (exact) mass is 315 g/mol. The molecule has 1 fully saturated rings. The summed E-state index contributed by atoms with van der Waals surface area (Å²) in [6.07, 6.45) is 9.07. The molecule has 0 atom stereocenters. The number of H-pyrrole nitrogens is 1. The zero-order chi connectivity index (χ0) is 14.9. The molecule has 7 heteroatoms. The maximum absolute atomic E-state index is 12.1. The molecule has 0 bridgehead atoms. The van der Waals surface area contributed by atoms with Gasteiger partial charge < -0.3 is 5.32 Å². The maximum atomic E-state index is 12.1. The molecule has 3 aromatic rings. The molecule has 0 aromatic carbocycles. The van der Waals surface area contributed by atoms with Crippen LogP contribution in [0.15, 0.2) is 23.8 Å². The van der Waals surface area contributed by atoms with Gasteiger partial charge in [-0.15, -0.1) is 11.3 Å². The summed E-state index contributed by atoms with van der Waals surface area (Å²) >= 11 is 1.56. The van der Waals surface area contributed by atoms with E-state index in [1.54, 1.807) is 11.3 Å². The number of thiazole rings is 1. The molecule has 3 heterocycles. The summed E-state index contributed by atoms with van der Waals surface area (Å²) in [6.45, 7) is 0. The molecular formula is C15H17N5OS. The summed E-state index contributed by atoms with van der Waals surface area (Å²) in [5.74, 6) is 1.08. The zero-order valence-corrected chi connectivity index (χ0v) is 12.9. The second-order valence-electron chi connectivity index (χ2n) is 5.74. The van der Waals surface area contributed by atoms with Crippen LogP contribution >= 0.6 is 11.3 Å². The molecule has 0 radical (unpaired) electrons. The number of amides is 1. The molecule has 1 amide bonds. The van der Waals surface area contributed by atoms with Gasteiger partial charge in [-0.05, 0) is 12.8 Å². The first-order valence-electron chi connectivity index (χ1n) is 7.54. The Morgan fingerprint density at radius 2 is 2.32 bits per heavy atom. The number of carbonyl (C=O) groups is 1. The molecule has 0 unspecified atom stereocenters. The maximum Gasteiger partial charge on any atom is 0.231 e.